The minimum absolute atomic E-state index is 0.167. The topological polar surface area (TPSA) is 91.0 Å². The summed E-state index contributed by atoms with van der Waals surface area (Å²) in [6, 6.07) is 3.31. The molecule has 0 heterocycles. The third kappa shape index (κ3) is 4.04. The first-order chi connectivity index (χ1) is 8.54. The van der Waals surface area contributed by atoms with Crippen LogP contribution in [0.25, 0.3) is 0 Å². The van der Waals surface area contributed by atoms with Crippen molar-refractivity contribution in [2.24, 2.45) is 5.73 Å². The van der Waals surface area contributed by atoms with Crippen molar-refractivity contribution < 1.29 is 9.18 Å². The van der Waals surface area contributed by atoms with Crippen molar-refractivity contribution in [1.82, 2.24) is 5.32 Å². The Bertz CT molecular complexity index is 448. The number of hydrogen-bond donors (Lipinski definition) is 4. The third-order valence-electron chi connectivity index (χ3n) is 2.34. The molecule has 0 saturated heterocycles. The van der Waals surface area contributed by atoms with Crippen LogP contribution in [0.15, 0.2) is 18.2 Å². The molecule has 18 heavy (non-hydrogen) atoms. The number of benzene rings is 1. The van der Waals surface area contributed by atoms with Crippen molar-refractivity contribution in [3.8, 4) is 0 Å². The van der Waals surface area contributed by atoms with Crippen LogP contribution >= 0.6 is 0 Å². The molecule has 6 heteroatoms. The van der Waals surface area contributed by atoms with E-state index in [0.29, 0.717) is 12.2 Å². The van der Waals surface area contributed by atoms with Gasteiger partial charge in [-0.1, -0.05) is 13.3 Å². The van der Waals surface area contributed by atoms with E-state index in [2.05, 4.69) is 10.6 Å². The van der Waals surface area contributed by atoms with Crippen LogP contribution in [-0.2, 0) is 0 Å². The molecule has 1 aromatic rings. The van der Waals surface area contributed by atoms with Gasteiger partial charge in [0.05, 0.1) is 5.69 Å². The molecular weight excluding hydrogens is 235 g/mol. The number of carbonyl (C=O) groups is 1. The number of hydrogen-bond acceptors (Lipinski definition) is 2. The smallest absolute Gasteiger partial charge is 0.319 e. The summed E-state index contributed by atoms with van der Waals surface area (Å²) in [7, 11) is 0. The Kier molecular flexibility index (Phi) is 5.10. The van der Waals surface area contributed by atoms with Crippen molar-refractivity contribution in [3.63, 3.8) is 0 Å². The molecule has 0 aromatic heterocycles. The number of nitrogens with two attached hydrogens (primary N) is 1. The van der Waals surface area contributed by atoms with Gasteiger partial charge in [0.25, 0.3) is 0 Å². The zero-order valence-corrected chi connectivity index (χ0v) is 10.2. The van der Waals surface area contributed by atoms with Crippen LogP contribution in [0.3, 0.4) is 0 Å². The number of urea groups is 1. The summed E-state index contributed by atoms with van der Waals surface area (Å²) >= 11 is 0. The van der Waals surface area contributed by atoms with Crippen molar-refractivity contribution in [2.75, 3.05) is 11.9 Å². The molecule has 2 amide bonds. The highest BCUT2D eigenvalue weighted by molar-refractivity contribution is 6.03. The molecule has 0 aliphatic carbocycles. The average Bonchev–Trinajstić information content (AvgIpc) is 2.31. The van der Waals surface area contributed by atoms with E-state index in [1.54, 1.807) is 0 Å². The standard InChI is InChI=1S/C12H17FN4O/c1-2-3-6-16-12(18)17-10-5-4-8(13)7-9(10)11(14)15/h4-5,7H,2-3,6H2,1H3,(H3,14,15)(H2,16,17,18). The van der Waals surface area contributed by atoms with Gasteiger partial charge in [-0.25, -0.2) is 9.18 Å². The maximum atomic E-state index is 13.0. The summed E-state index contributed by atoms with van der Waals surface area (Å²) in [4.78, 5) is 11.5. The molecule has 0 bridgehead atoms. The SMILES string of the molecule is CCCCNC(=O)Nc1ccc(F)cc1C(=N)N. The Hall–Kier alpha value is -2.11. The molecule has 5 N–H and O–H groups in total. The van der Waals surface area contributed by atoms with Gasteiger partial charge in [0.1, 0.15) is 11.7 Å². The molecule has 0 aliphatic rings. The van der Waals surface area contributed by atoms with E-state index in [-0.39, 0.29) is 11.4 Å². The van der Waals surface area contributed by atoms with Crippen LogP contribution in [0.5, 0.6) is 0 Å². The number of amides is 2. The van der Waals surface area contributed by atoms with Crippen LogP contribution < -0.4 is 16.4 Å². The molecule has 5 nitrogen and oxygen atoms in total. The van der Waals surface area contributed by atoms with E-state index in [1.165, 1.54) is 12.1 Å². The van der Waals surface area contributed by atoms with Gasteiger partial charge in [0.15, 0.2) is 0 Å². The van der Waals surface area contributed by atoms with Crippen molar-refractivity contribution in [3.05, 3.63) is 29.6 Å². The van der Waals surface area contributed by atoms with Crippen LogP contribution in [0.1, 0.15) is 25.3 Å². The fourth-order valence-electron chi connectivity index (χ4n) is 1.39. The Morgan fingerprint density at radius 1 is 1.50 bits per heavy atom. The number of nitrogen functional groups attached to an aromatic ring is 1. The summed E-state index contributed by atoms with van der Waals surface area (Å²) in [6.07, 6.45) is 1.87. The molecule has 0 aliphatic heterocycles. The number of nitrogens with one attached hydrogen (secondary N) is 3. The van der Waals surface area contributed by atoms with Gasteiger partial charge in [-0.15, -0.1) is 0 Å². The summed E-state index contributed by atoms with van der Waals surface area (Å²) in [5, 5.41) is 12.5. The molecule has 0 radical (unpaired) electrons. The molecule has 0 atom stereocenters. The lowest BCUT2D eigenvalue weighted by atomic mass is 10.1. The fourth-order valence-corrected chi connectivity index (χ4v) is 1.39. The number of unbranched alkanes of at least 4 members (excludes halogenated alkanes) is 1. The zero-order valence-electron chi connectivity index (χ0n) is 10.2. The van der Waals surface area contributed by atoms with Crippen LogP contribution in [-0.4, -0.2) is 18.4 Å². The molecule has 1 rings (SSSR count). The lowest BCUT2D eigenvalue weighted by Gasteiger charge is -2.11. The molecule has 0 spiro atoms. The summed E-state index contributed by atoms with van der Waals surface area (Å²) < 4.78 is 13.0. The number of rotatable bonds is 5. The predicted molar refractivity (Wildman–Crippen MR) is 69.3 cm³/mol. The van der Waals surface area contributed by atoms with E-state index >= 15 is 0 Å². The third-order valence-corrected chi connectivity index (χ3v) is 2.34. The number of amidine groups is 1. The van der Waals surface area contributed by atoms with Crippen molar-refractivity contribution >= 4 is 17.6 Å². The lowest BCUT2D eigenvalue weighted by Crippen LogP contribution is -2.30. The molecule has 1 aromatic carbocycles. The monoisotopic (exact) mass is 252 g/mol. The second-order valence-corrected chi connectivity index (χ2v) is 3.84. The minimum Gasteiger partial charge on any atom is -0.384 e. The normalized spacial score (nSPS) is 9.89. The van der Waals surface area contributed by atoms with Gasteiger partial charge in [0, 0.05) is 12.1 Å². The van der Waals surface area contributed by atoms with E-state index < -0.39 is 11.8 Å². The molecule has 98 valence electrons. The second-order valence-electron chi connectivity index (χ2n) is 3.84. The molecular formula is C12H17FN4O. The number of anilines is 1. The quantitative estimate of drug-likeness (QED) is 0.367. The maximum absolute atomic E-state index is 13.0. The molecule has 0 fully saturated rings. The van der Waals surface area contributed by atoms with Crippen LogP contribution in [0, 0.1) is 11.2 Å². The van der Waals surface area contributed by atoms with E-state index in [0.717, 1.165) is 18.9 Å². The average molecular weight is 252 g/mol. The van der Waals surface area contributed by atoms with Crippen molar-refractivity contribution in [2.45, 2.75) is 19.8 Å². The molecule has 0 unspecified atom stereocenters. The van der Waals surface area contributed by atoms with Gasteiger partial charge < -0.3 is 16.4 Å². The van der Waals surface area contributed by atoms with E-state index in [9.17, 15) is 9.18 Å². The summed E-state index contributed by atoms with van der Waals surface area (Å²) in [5.74, 6) is -0.796. The first kappa shape index (κ1) is 14.0. The second kappa shape index (κ2) is 6.58. The van der Waals surface area contributed by atoms with Crippen LogP contribution in [0.4, 0.5) is 14.9 Å². The zero-order chi connectivity index (χ0) is 13.5. The number of carbonyl (C=O) groups excluding carboxylic acids is 1. The van der Waals surface area contributed by atoms with Gasteiger partial charge in [-0.05, 0) is 24.6 Å². The van der Waals surface area contributed by atoms with Crippen molar-refractivity contribution in [1.29, 1.82) is 5.41 Å². The predicted octanol–water partition coefficient (Wildman–Crippen LogP) is 2.03. The van der Waals surface area contributed by atoms with E-state index in [1.807, 2.05) is 6.92 Å². The largest absolute Gasteiger partial charge is 0.384 e. The Morgan fingerprint density at radius 3 is 2.83 bits per heavy atom. The summed E-state index contributed by atoms with van der Waals surface area (Å²) in [6.45, 7) is 2.59. The Labute approximate surface area is 105 Å². The number of halogens is 1. The molecule has 0 saturated carbocycles. The van der Waals surface area contributed by atoms with E-state index in [4.69, 9.17) is 11.1 Å². The van der Waals surface area contributed by atoms with Gasteiger partial charge >= 0.3 is 6.03 Å². The Morgan fingerprint density at radius 2 is 2.22 bits per heavy atom. The Balaban J connectivity index is 2.72. The first-order valence-electron chi connectivity index (χ1n) is 5.73. The van der Waals surface area contributed by atoms with Gasteiger partial charge in [-0.2, -0.15) is 0 Å². The summed E-state index contributed by atoms with van der Waals surface area (Å²) in [5.41, 5.74) is 5.81. The highest BCUT2D eigenvalue weighted by Gasteiger charge is 2.09. The highest BCUT2D eigenvalue weighted by atomic mass is 19.1. The highest BCUT2D eigenvalue weighted by Crippen LogP contribution is 2.16. The minimum atomic E-state index is -0.503. The fraction of sp³-hybridized carbons (Fsp3) is 0.333. The van der Waals surface area contributed by atoms with Crippen LogP contribution in [0.2, 0.25) is 0 Å². The lowest BCUT2D eigenvalue weighted by molar-refractivity contribution is 0.252. The maximum Gasteiger partial charge on any atom is 0.319 e. The van der Waals surface area contributed by atoms with Gasteiger partial charge in [-0.3, -0.25) is 5.41 Å². The van der Waals surface area contributed by atoms with Gasteiger partial charge in [0.2, 0.25) is 0 Å². The first-order valence-corrected chi connectivity index (χ1v) is 5.73.